The molecule has 0 aromatic heterocycles. The molecule has 0 saturated carbocycles. The summed E-state index contributed by atoms with van der Waals surface area (Å²) in [5.41, 5.74) is 0.927. The van der Waals surface area contributed by atoms with E-state index in [2.05, 4.69) is 18.2 Å². The standard InChI is InChI=1S/C20H12O3/c21-15-9-16(22)20(23)19-13-7-6-11-3-1-2-10-4-5-12(8-14(15)19)18(13)17(10)11/h1-8,22-23H,9H2. The number of Topliss-reactive ketones (excluding diaryl/α,β-unsaturated/α-hetero) is 1. The highest BCUT2D eigenvalue weighted by Crippen LogP contribution is 2.41. The number of benzene rings is 4. The van der Waals surface area contributed by atoms with E-state index in [1.165, 1.54) is 0 Å². The summed E-state index contributed by atoms with van der Waals surface area (Å²) in [4.78, 5) is 12.3. The Morgan fingerprint density at radius 2 is 1.52 bits per heavy atom. The molecule has 2 N–H and O–H groups in total. The summed E-state index contributed by atoms with van der Waals surface area (Å²) in [6, 6.07) is 15.9. The topological polar surface area (TPSA) is 57.5 Å². The van der Waals surface area contributed by atoms with Gasteiger partial charge < -0.3 is 10.2 Å². The molecule has 0 heterocycles. The molecule has 0 atom stereocenters. The van der Waals surface area contributed by atoms with Crippen molar-refractivity contribution in [3.8, 4) is 0 Å². The number of ketones is 1. The second kappa shape index (κ2) is 4.02. The molecule has 5 rings (SSSR count). The third-order valence-corrected chi connectivity index (χ3v) is 4.79. The molecule has 0 amide bonds. The van der Waals surface area contributed by atoms with Crippen molar-refractivity contribution < 1.29 is 15.0 Å². The Kier molecular flexibility index (Phi) is 2.18. The van der Waals surface area contributed by atoms with E-state index < -0.39 is 0 Å². The van der Waals surface area contributed by atoms with Gasteiger partial charge in [0.05, 0.1) is 6.42 Å². The maximum Gasteiger partial charge on any atom is 0.171 e. The lowest BCUT2D eigenvalue weighted by Crippen LogP contribution is -2.13. The summed E-state index contributed by atoms with van der Waals surface area (Å²) < 4.78 is 0. The molecule has 0 saturated heterocycles. The molecule has 3 nitrogen and oxygen atoms in total. The van der Waals surface area contributed by atoms with Gasteiger partial charge in [-0.1, -0.05) is 42.5 Å². The summed E-state index contributed by atoms with van der Waals surface area (Å²) in [5.74, 6) is -0.601. The molecule has 110 valence electrons. The SMILES string of the molecule is O=C1CC(O)=C(O)c2c1cc1ccc3cccc4ccc2c1c34. The number of fused-ring (bicyclic) bond motifs is 2. The van der Waals surface area contributed by atoms with Gasteiger partial charge in [-0.05, 0) is 38.4 Å². The van der Waals surface area contributed by atoms with Crippen LogP contribution in [0.1, 0.15) is 22.3 Å². The van der Waals surface area contributed by atoms with Crippen LogP contribution in [-0.4, -0.2) is 16.0 Å². The predicted octanol–water partition coefficient (Wildman–Crippen LogP) is 4.96. The van der Waals surface area contributed by atoms with E-state index in [4.69, 9.17) is 0 Å². The van der Waals surface area contributed by atoms with Crippen molar-refractivity contribution in [1.29, 1.82) is 0 Å². The predicted molar refractivity (Wildman–Crippen MR) is 91.3 cm³/mol. The molecule has 4 aromatic carbocycles. The lowest BCUT2D eigenvalue weighted by atomic mass is 9.84. The Morgan fingerprint density at radius 1 is 0.826 bits per heavy atom. The van der Waals surface area contributed by atoms with Gasteiger partial charge in [0.2, 0.25) is 0 Å². The van der Waals surface area contributed by atoms with Crippen molar-refractivity contribution in [2.75, 3.05) is 0 Å². The minimum atomic E-state index is -0.252. The number of aliphatic hydroxyl groups is 2. The van der Waals surface area contributed by atoms with Crippen LogP contribution >= 0.6 is 0 Å². The van der Waals surface area contributed by atoms with Crippen molar-refractivity contribution in [2.24, 2.45) is 0 Å². The summed E-state index contributed by atoms with van der Waals surface area (Å²) in [6.45, 7) is 0. The highest BCUT2D eigenvalue weighted by atomic mass is 16.3. The first-order valence-corrected chi connectivity index (χ1v) is 7.50. The Bertz CT molecular complexity index is 1150. The molecule has 0 aliphatic heterocycles. The Labute approximate surface area is 131 Å². The molecule has 0 spiro atoms. The maximum atomic E-state index is 12.3. The van der Waals surface area contributed by atoms with Gasteiger partial charge in [0.15, 0.2) is 11.5 Å². The van der Waals surface area contributed by atoms with Gasteiger partial charge in [-0.2, -0.15) is 0 Å². The van der Waals surface area contributed by atoms with Crippen molar-refractivity contribution in [1.82, 2.24) is 0 Å². The molecule has 4 aromatic rings. The summed E-state index contributed by atoms with van der Waals surface area (Å²) in [6.07, 6.45) is -0.147. The van der Waals surface area contributed by atoms with Crippen LogP contribution < -0.4 is 0 Å². The van der Waals surface area contributed by atoms with Gasteiger partial charge in [0.25, 0.3) is 0 Å². The van der Waals surface area contributed by atoms with Crippen LogP contribution in [0.25, 0.3) is 38.1 Å². The third-order valence-electron chi connectivity index (χ3n) is 4.79. The van der Waals surface area contributed by atoms with E-state index in [9.17, 15) is 15.0 Å². The molecule has 0 radical (unpaired) electrons. The average Bonchev–Trinajstić information content (AvgIpc) is 2.57. The smallest absolute Gasteiger partial charge is 0.171 e. The van der Waals surface area contributed by atoms with Crippen LogP contribution in [0.2, 0.25) is 0 Å². The molecule has 0 fully saturated rings. The van der Waals surface area contributed by atoms with Crippen LogP contribution in [-0.2, 0) is 0 Å². The Hall–Kier alpha value is -3.07. The van der Waals surface area contributed by atoms with Crippen molar-refractivity contribution in [3.05, 3.63) is 65.4 Å². The first-order chi connectivity index (χ1) is 11.1. The zero-order chi connectivity index (χ0) is 15.7. The lowest BCUT2D eigenvalue weighted by molar-refractivity contribution is 0.0974. The molecule has 3 heteroatoms. The summed E-state index contributed by atoms with van der Waals surface area (Å²) in [7, 11) is 0. The normalized spacial score (nSPS) is 15.0. The highest BCUT2D eigenvalue weighted by molar-refractivity contribution is 6.27. The van der Waals surface area contributed by atoms with Gasteiger partial charge in [0, 0.05) is 11.1 Å². The van der Waals surface area contributed by atoms with Gasteiger partial charge >= 0.3 is 0 Å². The molecule has 1 aliphatic rings. The zero-order valence-corrected chi connectivity index (χ0v) is 12.1. The minimum Gasteiger partial charge on any atom is -0.508 e. The summed E-state index contributed by atoms with van der Waals surface area (Å²) in [5, 5.41) is 26.4. The molecular weight excluding hydrogens is 288 g/mol. The van der Waals surface area contributed by atoms with E-state index >= 15 is 0 Å². The second-order valence-electron chi connectivity index (χ2n) is 6.05. The van der Waals surface area contributed by atoms with Gasteiger partial charge in [-0.15, -0.1) is 0 Å². The lowest BCUT2D eigenvalue weighted by Gasteiger charge is -2.20. The maximum absolute atomic E-state index is 12.3. The van der Waals surface area contributed by atoms with E-state index in [1.54, 1.807) is 0 Å². The van der Waals surface area contributed by atoms with Crippen LogP contribution in [0.3, 0.4) is 0 Å². The quantitative estimate of drug-likeness (QED) is 0.451. The number of carbonyl (C=O) groups is 1. The second-order valence-corrected chi connectivity index (χ2v) is 6.05. The van der Waals surface area contributed by atoms with Crippen LogP contribution in [0.15, 0.2) is 54.3 Å². The molecular formula is C20H12O3. The molecule has 1 aliphatic carbocycles. The van der Waals surface area contributed by atoms with Crippen LogP contribution in [0.4, 0.5) is 0 Å². The number of rotatable bonds is 0. The first-order valence-electron chi connectivity index (χ1n) is 7.50. The van der Waals surface area contributed by atoms with Crippen molar-refractivity contribution in [3.63, 3.8) is 0 Å². The Morgan fingerprint density at radius 3 is 2.30 bits per heavy atom. The van der Waals surface area contributed by atoms with Gasteiger partial charge in [-0.25, -0.2) is 0 Å². The summed E-state index contributed by atoms with van der Waals surface area (Å²) >= 11 is 0. The number of aliphatic hydroxyl groups excluding tert-OH is 2. The molecule has 0 bridgehead atoms. The number of allylic oxidation sites excluding steroid dienone is 1. The largest absolute Gasteiger partial charge is 0.508 e. The van der Waals surface area contributed by atoms with E-state index in [-0.39, 0.29) is 23.7 Å². The van der Waals surface area contributed by atoms with E-state index in [0.717, 1.165) is 32.3 Å². The highest BCUT2D eigenvalue weighted by Gasteiger charge is 2.28. The Balaban J connectivity index is 2.11. The fourth-order valence-corrected chi connectivity index (χ4v) is 3.76. The van der Waals surface area contributed by atoms with E-state index in [0.29, 0.717) is 11.1 Å². The monoisotopic (exact) mass is 300 g/mol. The van der Waals surface area contributed by atoms with E-state index in [1.807, 2.05) is 30.3 Å². The fourth-order valence-electron chi connectivity index (χ4n) is 3.76. The van der Waals surface area contributed by atoms with Crippen LogP contribution in [0.5, 0.6) is 0 Å². The third kappa shape index (κ3) is 1.46. The molecule has 23 heavy (non-hydrogen) atoms. The van der Waals surface area contributed by atoms with Gasteiger partial charge in [0.1, 0.15) is 5.76 Å². The fraction of sp³-hybridized carbons (Fsp3) is 0.0500. The number of hydrogen-bond acceptors (Lipinski definition) is 3. The molecule has 0 unspecified atom stereocenters. The minimum absolute atomic E-state index is 0.147. The van der Waals surface area contributed by atoms with Crippen molar-refractivity contribution in [2.45, 2.75) is 6.42 Å². The number of hydrogen-bond donors (Lipinski definition) is 2. The first kappa shape index (κ1) is 12.5. The average molecular weight is 300 g/mol. The van der Waals surface area contributed by atoms with Crippen molar-refractivity contribution >= 4 is 43.9 Å². The van der Waals surface area contributed by atoms with Crippen LogP contribution in [0, 0.1) is 0 Å². The number of carbonyl (C=O) groups excluding carboxylic acids is 1. The van der Waals surface area contributed by atoms with Gasteiger partial charge in [-0.3, -0.25) is 4.79 Å². The zero-order valence-electron chi connectivity index (χ0n) is 12.1.